The van der Waals surface area contributed by atoms with Crippen molar-refractivity contribution >= 4 is 56.5 Å². The highest BCUT2D eigenvalue weighted by Crippen LogP contribution is 2.38. The maximum absolute atomic E-state index is 13.1. The molecule has 1 saturated heterocycles. The smallest absolute Gasteiger partial charge is 0.417 e. The summed E-state index contributed by atoms with van der Waals surface area (Å²) in [4.78, 5) is 19.8. The van der Waals surface area contributed by atoms with Crippen LogP contribution in [0.4, 0.5) is 13.2 Å². The fraction of sp³-hybridized carbons (Fsp3) is 0.273. The van der Waals surface area contributed by atoms with Crippen LogP contribution >= 0.6 is 34.8 Å². The van der Waals surface area contributed by atoms with Crippen LogP contribution in [-0.4, -0.2) is 57.3 Å². The molecule has 1 aliphatic heterocycles. The molecule has 0 saturated carbocycles. The number of amides is 1. The van der Waals surface area contributed by atoms with Crippen LogP contribution in [0.25, 0.3) is 28.6 Å². The van der Waals surface area contributed by atoms with Gasteiger partial charge in [0.05, 0.1) is 33.4 Å². The van der Waals surface area contributed by atoms with Crippen LogP contribution in [-0.2, 0) is 21.1 Å². The molecular formula is C22H17Cl3F3N5O6S. The fourth-order valence-corrected chi connectivity index (χ4v) is 4.24. The zero-order valence-corrected chi connectivity index (χ0v) is 23.1. The van der Waals surface area contributed by atoms with Crippen molar-refractivity contribution in [1.82, 2.24) is 24.8 Å². The number of ether oxygens (including phenoxy) is 1. The Kier molecular flexibility index (Phi) is 8.52. The van der Waals surface area contributed by atoms with E-state index >= 15 is 0 Å². The first-order valence-electron chi connectivity index (χ1n) is 11.0. The lowest BCUT2D eigenvalue weighted by Crippen LogP contribution is -2.40. The van der Waals surface area contributed by atoms with Gasteiger partial charge in [-0.3, -0.25) is 9.35 Å². The van der Waals surface area contributed by atoms with Crippen molar-refractivity contribution in [1.29, 1.82) is 0 Å². The first-order valence-corrected chi connectivity index (χ1v) is 14.0. The summed E-state index contributed by atoms with van der Waals surface area (Å²) in [6.45, 7) is 0.357. The molecule has 4 heterocycles. The quantitative estimate of drug-likeness (QED) is 0.287. The van der Waals surface area contributed by atoms with Crippen molar-refractivity contribution in [2.75, 3.05) is 12.8 Å². The second kappa shape index (κ2) is 11.4. The SMILES string of the molecule is CS(=O)(=O)O.O=C1CCC(Oc2cc(Cl)c(-c3noc(-c4cn5cc(C(F)(F)F)cc(Cl)c5n4)n3)cc2Cl)CN1. The van der Waals surface area contributed by atoms with Crippen LogP contribution in [0, 0.1) is 0 Å². The number of nitrogens with one attached hydrogen (secondary N) is 1. The molecule has 2 N–H and O–H groups in total. The molecule has 0 spiro atoms. The lowest BCUT2D eigenvalue weighted by molar-refractivity contribution is -0.137. The van der Waals surface area contributed by atoms with Crippen molar-refractivity contribution in [2.45, 2.75) is 25.1 Å². The average Bonchev–Trinajstić information content (AvgIpc) is 3.49. The first-order chi connectivity index (χ1) is 18.6. The minimum Gasteiger partial charge on any atom is -0.487 e. The number of halogens is 6. The Morgan fingerprint density at radius 1 is 1.12 bits per heavy atom. The number of piperidine rings is 1. The monoisotopic (exact) mass is 641 g/mol. The van der Waals surface area contributed by atoms with Gasteiger partial charge in [0.1, 0.15) is 17.5 Å². The number of carbonyl (C=O) groups is 1. The van der Waals surface area contributed by atoms with Gasteiger partial charge in [0.2, 0.25) is 11.7 Å². The number of nitrogens with zero attached hydrogens (tertiary/aromatic N) is 4. The van der Waals surface area contributed by atoms with E-state index in [1.54, 1.807) is 0 Å². The lowest BCUT2D eigenvalue weighted by atomic mass is 10.1. The van der Waals surface area contributed by atoms with Gasteiger partial charge in [-0.15, -0.1) is 0 Å². The van der Waals surface area contributed by atoms with Crippen molar-refractivity contribution in [2.24, 2.45) is 0 Å². The van der Waals surface area contributed by atoms with Crippen molar-refractivity contribution in [3.05, 3.63) is 51.2 Å². The minimum atomic E-state index is -4.57. The summed E-state index contributed by atoms with van der Waals surface area (Å²) in [5, 5.41) is 6.89. The van der Waals surface area contributed by atoms with Crippen molar-refractivity contribution in [3.63, 3.8) is 0 Å². The Balaban J connectivity index is 0.000000681. The number of benzene rings is 1. The number of carbonyl (C=O) groups excluding carboxylic acids is 1. The molecule has 40 heavy (non-hydrogen) atoms. The third-order valence-electron chi connectivity index (χ3n) is 5.26. The molecule has 1 aromatic carbocycles. The van der Waals surface area contributed by atoms with E-state index in [2.05, 4.69) is 20.4 Å². The number of hydrogen-bond acceptors (Lipinski definition) is 8. The molecule has 1 amide bonds. The van der Waals surface area contributed by atoms with Gasteiger partial charge < -0.3 is 19.0 Å². The fourth-order valence-electron chi connectivity index (χ4n) is 3.53. The summed E-state index contributed by atoms with van der Waals surface area (Å²) in [6.07, 6.45) is -1.05. The van der Waals surface area contributed by atoms with Crippen molar-refractivity contribution < 1.29 is 40.2 Å². The third kappa shape index (κ3) is 7.34. The number of rotatable bonds is 4. The number of hydrogen-bond donors (Lipinski definition) is 2. The number of aromatic nitrogens is 4. The zero-order chi connectivity index (χ0) is 29.4. The molecule has 0 aliphatic carbocycles. The summed E-state index contributed by atoms with van der Waals surface area (Å²) >= 11 is 18.8. The molecular weight excluding hydrogens is 626 g/mol. The molecule has 18 heteroatoms. The second-order valence-electron chi connectivity index (χ2n) is 8.43. The predicted molar refractivity (Wildman–Crippen MR) is 138 cm³/mol. The van der Waals surface area contributed by atoms with Gasteiger partial charge in [0.15, 0.2) is 5.65 Å². The molecule has 1 atom stereocenters. The van der Waals surface area contributed by atoms with E-state index in [0.29, 0.717) is 37.0 Å². The largest absolute Gasteiger partial charge is 0.487 e. The van der Waals surface area contributed by atoms with Crippen molar-refractivity contribution in [3.8, 4) is 28.7 Å². The molecule has 3 aromatic heterocycles. The number of imidazole rings is 1. The van der Waals surface area contributed by atoms with Gasteiger partial charge in [-0.25, -0.2) is 4.98 Å². The minimum absolute atomic E-state index is 0.0362. The molecule has 4 aromatic rings. The Morgan fingerprint density at radius 2 is 1.82 bits per heavy atom. The zero-order valence-electron chi connectivity index (χ0n) is 20.0. The van der Waals surface area contributed by atoms with E-state index in [4.69, 9.17) is 48.6 Å². The first kappa shape index (κ1) is 29.9. The van der Waals surface area contributed by atoms with E-state index in [0.717, 1.165) is 16.7 Å². The Labute approximate surface area is 238 Å². The van der Waals surface area contributed by atoms with Crippen LogP contribution in [0.1, 0.15) is 18.4 Å². The van der Waals surface area contributed by atoms with E-state index in [1.165, 1.54) is 18.3 Å². The van der Waals surface area contributed by atoms with Crippen LogP contribution in [0.15, 0.2) is 35.1 Å². The molecule has 0 radical (unpaired) electrons. The molecule has 1 fully saturated rings. The van der Waals surface area contributed by atoms with Gasteiger partial charge in [0.25, 0.3) is 16.0 Å². The van der Waals surface area contributed by atoms with Crippen LogP contribution < -0.4 is 10.1 Å². The molecule has 0 bridgehead atoms. The summed E-state index contributed by atoms with van der Waals surface area (Å²) in [5.41, 5.74) is -0.371. The maximum Gasteiger partial charge on any atom is 0.417 e. The van der Waals surface area contributed by atoms with Gasteiger partial charge in [-0.1, -0.05) is 40.0 Å². The highest BCUT2D eigenvalue weighted by molar-refractivity contribution is 7.85. The Bertz CT molecular complexity index is 1680. The molecule has 1 unspecified atom stereocenters. The van der Waals surface area contributed by atoms with Gasteiger partial charge >= 0.3 is 6.18 Å². The number of fused-ring (bicyclic) bond motifs is 1. The lowest BCUT2D eigenvalue weighted by Gasteiger charge is -2.24. The van der Waals surface area contributed by atoms with Crippen LogP contribution in [0.5, 0.6) is 5.75 Å². The van der Waals surface area contributed by atoms with Gasteiger partial charge in [0, 0.05) is 30.4 Å². The van der Waals surface area contributed by atoms with E-state index in [9.17, 15) is 26.4 Å². The van der Waals surface area contributed by atoms with Gasteiger partial charge in [-0.2, -0.15) is 26.6 Å². The maximum atomic E-state index is 13.1. The summed E-state index contributed by atoms with van der Waals surface area (Å²) < 4.78 is 77.4. The van der Waals surface area contributed by atoms with Gasteiger partial charge in [-0.05, 0) is 18.6 Å². The van der Waals surface area contributed by atoms with E-state index in [-0.39, 0.29) is 50.1 Å². The highest BCUT2D eigenvalue weighted by Gasteiger charge is 2.32. The van der Waals surface area contributed by atoms with E-state index in [1.807, 2.05) is 0 Å². The molecule has 214 valence electrons. The van der Waals surface area contributed by atoms with Crippen LogP contribution in [0.3, 0.4) is 0 Å². The second-order valence-corrected chi connectivity index (χ2v) is 11.1. The Morgan fingerprint density at radius 3 is 2.45 bits per heavy atom. The predicted octanol–water partition coefficient (Wildman–Crippen LogP) is 5.19. The molecule has 5 rings (SSSR count). The standard InChI is InChI=1S/C21H13Cl3F3N5O3.CH4O3S/c22-12-5-16(34-10-1-2-17(33)28-6-10)13(23)4-11(12)18-30-20(35-31-18)15-8-32-7-9(21(25,26)27)3-14(24)19(32)29-15;1-5(2,3)4/h3-5,7-8,10H,1-2,6H2,(H,28,33);1H3,(H,2,3,4). The highest BCUT2D eigenvalue weighted by atomic mass is 35.5. The molecule has 11 nitrogen and oxygen atoms in total. The third-order valence-corrected chi connectivity index (χ3v) is 6.14. The summed E-state index contributed by atoms with van der Waals surface area (Å²) in [6, 6.07) is 3.81. The van der Waals surface area contributed by atoms with E-state index < -0.39 is 21.9 Å². The normalized spacial score (nSPS) is 15.9. The topological polar surface area (TPSA) is 149 Å². The number of alkyl halides is 3. The Hall–Kier alpha value is -3.11. The average molecular weight is 643 g/mol. The summed E-state index contributed by atoms with van der Waals surface area (Å²) in [7, 11) is -3.67. The molecule has 1 aliphatic rings. The van der Waals surface area contributed by atoms with Crippen LogP contribution in [0.2, 0.25) is 15.1 Å². The number of pyridine rings is 1. The summed E-state index contributed by atoms with van der Waals surface area (Å²) in [5.74, 6) is 0.327.